The maximum Gasteiger partial charge on any atom is 0.131 e. The van der Waals surface area contributed by atoms with E-state index in [1.54, 1.807) is 13.3 Å². The van der Waals surface area contributed by atoms with Crippen LogP contribution in [0.1, 0.15) is 24.5 Å². The van der Waals surface area contributed by atoms with Gasteiger partial charge in [-0.05, 0) is 35.7 Å². The SMILES string of the molecule is C=C[C@H]1C[N+]2(C)CCC1C[C@@H]2[C@@H](O)c1ccnc2ccc(OC)cc12. The maximum atomic E-state index is 11.3. The van der Waals surface area contributed by atoms with Crippen molar-refractivity contribution in [2.24, 2.45) is 11.8 Å². The maximum absolute atomic E-state index is 11.3. The fourth-order valence-corrected chi connectivity index (χ4v) is 5.03. The lowest BCUT2D eigenvalue weighted by Crippen LogP contribution is -2.66. The molecule has 2 bridgehead atoms. The van der Waals surface area contributed by atoms with Crippen molar-refractivity contribution in [2.75, 3.05) is 27.2 Å². The van der Waals surface area contributed by atoms with Gasteiger partial charge in [-0.3, -0.25) is 4.98 Å². The van der Waals surface area contributed by atoms with Crippen LogP contribution >= 0.6 is 0 Å². The van der Waals surface area contributed by atoms with Crippen molar-refractivity contribution in [1.29, 1.82) is 0 Å². The number of hydrogen-bond donors (Lipinski definition) is 1. The van der Waals surface area contributed by atoms with Crippen molar-refractivity contribution >= 4 is 10.9 Å². The minimum absolute atomic E-state index is 0.228. The Morgan fingerprint density at radius 1 is 1.40 bits per heavy atom. The first-order valence-corrected chi connectivity index (χ1v) is 9.13. The molecule has 0 aliphatic carbocycles. The molecule has 0 radical (unpaired) electrons. The van der Waals surface area contributed by atoms with Crippen LogP contribution in [0.2, 0.25) is 0 Å². The van der Waals surface area contributed by atoms with Gasteiger partial charge in [0, 0.05) is 30.3 Å². The number of aliphatic hydroxyl groups is 1. The third kappa shape index (κ3) is 2.64. The Balaban J connectivity index is 1.73. The molecule has 0 spiro atoms. The topological polar surface area (TPSA) is 42.4 Å². The van der Waals surface area contributed by atoms with E-state index in [-0.39, 0.29) is 6.04 Å². The predicted octanol–water partition coefficient (Wildman–Crippen LogP) is 3.32. The van der Waals surface area contributed by atoms with Gasteiger partial charge < -0.3 is 14.3 Å². The molecule has 1 aromatic heterocycles. The smallest absolute Gasteiger partial charge is 0.131 e. The number of nitrogens with zero attached hydrogens (tertiary/aromatic N) is 2. The highest BCUT2D eigenvalue weighted by Crippen LogP contribution is 2.45. The first-order chi connectivity index (χ1) is 12.1. The van der Waals surface area contributed by atoms with Gasteiger partial charge in [-0.15, -0.1) is 6.58 Å². The normalized spacial score (nSPS) is 32.5. The van der Waals surface area contributed by atoms with E-state index in [4.69, 9.17) is 4.74 Å². The van der Waals surface area contributed by atoms with E-state index in [1.165, 1.54) is 6.42 Å². The van der Waals surface area contributed by atoms with Gasteiger partial charge >= 0.3 is 0 Å². The van der Waals surface area contributed by atoms with Crippen molar-refractivity contribution in [3.8, 4) is 5.75 Å². The molecule has 1 aromatic carbocycles. The number of ether oxygens (including phenoxy) is 1. The summed E-state index contributed by atoms with van der Waals surface area (Å²) in [5.74, 6) is 2.03. The van der Waals surface area contributed by atoms with Crippen molar-refractivity contribution < 1.29 is 14.3 Å². The molecular formula is C21H27N2O2+. The van der Waals surface area contributed by atoms with Gasteiger partial charge in [0.25, 0.3) is 0 Å². The number of aromatic nitrogens is 1. The Labute approximate surface area is 149 Å². The standard InChI is InChI=1S/C21H27N2O2/c1-4-14-13-23(2)10-8-15(14)11-20(23)21(24)17-7-9-22-19-6-5-16(25-3)12-18(17)19/h4-7,9,12,14-15,20-21,24H,1,8,10-11,13H2,2-3H3/q+1/t14-,15?,20+,21-,23?/m0/s1. The zero-order valence-electron chi connectivity index (χ0n) is 15.1. The molecule has 4 nitrogen and oxygen atoms in total. The van der Waals surface area contributed by atoms with E-state index in [0.717, 1.165) is 46.2 Å². The van der Waals surface area contributed by atoms with Crippen LogP contribution in [0.5, 0.6) is 5.75 Å². The van der Waals surface area contributed by atoms with Crippen molar-refractivity contribution in [1.82, 2.24) is 4.98 Å². The largest absolute Gasteiger partial charge is 0.497 e. The fourth-order valence-electron chi connectivity index (χ4n) is 5.03. The molecule has 3 saturated heterocycles. The Morgan fingerprint density at radius 2 is 2.24 bits per heavy atom. The van der Waals surface area contributed by atoms with E-state index < -0.39 is 6.10 Å². The number of benzene rings is 1. The number of aliphatic hydroxyl groups excluding tert-OH is 1. The lowest BCUT2D eigenvalue weighted by atomic mass is 9.72. The second-order valence-corrected chi connectivity index (χ2v) is 7.87. The summed E-state index contributed by atoms with van der Waals surface area (Å²) in [6, 6.07) is 8.06. The van der Waals surface area contributed by atoms with Crippen LogP contribution in [-0.4, -0.2) is 47.9 Å². The van der Waals surface area contributed by atoms with Gasteiger partial charge in [0.15, 0.2) is 0 Å². The van der Waals surface area contributed by atoms with Gasteiger partial charge in [-0.25, -0.2) is 0 Å². The van der Waals surface area contributed by atoms with E-state index in [9.17, 15) is 5.11 Å². The van der Waals surface area contributed by atoms with E-state index in [2.05, 4.69) is 24.7 Å². The Hall–Kier alpha value is -1.91. The second kappa shape index (κ2) is 6.11. The van der Waals surface area contributed by atoms with Gasteiger partial charge in [-0.2, -0.15) is 0 Å². The highest BCUT2D eigenvalue weighted by Gasteiger charge is 2.51. The molecule has 3 aliphatic heterocycles. The molecule has 0 saturated carbocycles. The van der Waals surface area contributed by atoms with Crippen LogP contribution in [0, 0.1) is 11.8 Å². The second-order valence-electron chi connectivity index (χ2n) is 7.87. The quantitative estimate of drug-likeness (QED) is 0.686. The summed E-state index contributed by atoms with van der Waals surface area (Å²) >= 11 is 0. The van der Waals surface area contributed by atoms with E-state index >= 15 is 0 Å². The molecule has 5 atom stereocenters. The number of pyridine rings is 1. The Bertz CT molecular complexity index is 806. The third-order valence-electron chi connectivity index (χ3n) is 6.56. The van der Waals surface area contributed by atoms with Crippen molar-refractivity contribution in [2.45, 2.75) is 25.0 Å². The molecule has 3 aliphatic rings. The van der Waals surface area contributed by atoms with Crippen molar-refractivity contribution in [3.05, 3.63) is 48.7 Å². The summed E-state index contributed by atoms with van der Waals surface area (Å²) in [6.07, 6.45) is 5.73. The van der Waals surface area contributed by atoms with Gasteiger partial charge in [0.2, 0.25) is 0 Å². The summed E-state index contributed by atoms with van der Waals surface area (Å²) in [6.45, 7) is 6.26. The molecule has 4 heteroatoms. The molecule has 0 amide bonds. The van der Waals surface area contributed by atoms with Crippen LogP contribution < -0.4 is 4.74 Å². The summed E-state index contributed by atoms with van der Waals surface area (Å²) < 4.78 is 6.31. The molecule has 2 unspecified atom stereocenters. The average molecular weight is 339 g/mol. The third-order valence-corrected chi connectivity index (χ3v) is 6.56. The van der Waals surface area contributed by atoms with Crippen LogP contribution in [-0.2, 0) is 0 Å². The number of fused-ring (bicyclic) bond motifs is 4. The average Bonchev–Trinajstić information content (AvgIpc) is 2.66. The zero-order chi connectivity index (χ0) is 17.6. The summed E-state index contributed by atoms with van der Waals surface area (Å²) in [7, 11) is 3.96. The minimum Gasteiger partial charge on any atom is -0.497 e. The Morgan fingerprint density at radius 3 is 2.96 bits per heavy atom. The Kier molecular flexibility index (Phi) is 4.05. The summed E-state index contributed by atoms with van der Waals surface area (Å²) in [5, 5.41) is 12.3. The number of rotatable bonds is 4. The molecule has 4 heterocycles. The minimum atomic E-state index is -0.490. The molecular weight excluding hydrogens is 312 g/mol. The van der Waals surface area contributed by atoms with Gasteiger partial charge in [-0.1, -0.05) is 6.08 Å². The molecule has 2 aromatic rings. The number of methoxy groups -OCH3 is 1. The highest BCUT2D eigenvalue weighted by atomic mass is 16.5. The highest BCUT2D eigenvalue weighted by molar-refractivity contribution is 5.83. The van der Waals surface area contributed by atoms with Crippen LogP contribution in [0.25, 0.3) is 10.9 Å². The van der Waals surface area contributed by atoms with Crippen LogP contribution in [0.3, 0.4) is 0 Å². The first-order valence-electron chi connectivity index (χ1n) is 9.13. The number of piperidine rings is 3. The van der Waals surface area contributed by atoms with Crippen LogP contribution in [0.15, 0.2) is 43.1 Å². The van der Waals surface area contributed by atoms with E-state index in [0.29, 0.717) is 11.8 Å². The lowest BCUT2D eigenvalue weighted by Gasteiger charge is -2.56. The summed E-state index contributed by atoms with van der Waals surface area (Å²) in [5.41, 5.74) is 1.87. The number of likely N-dealkylation sites (N-methyl/N-ethyl adjacent to an activating group) is 1. The summed E-state index contributed by atoms with van der Waals surface area (Å²) in [4.78, 5) is 4.45. The molecule has 1 N–H and O–H groups in total. The van der Waals surface area contributed by atoms with E-state index in [1.807, 2.05) is 24.3 Å². The fraction of sp³-hybridized carbons (Fsp3) is 0.476. The molecule has 3 fully saturated rings. The van der Waals surface area contributed by atoms with Gasteiger partial charge in [0.05, 0.1) is 32.8 Å². The molecule has 25 heavy (non-hydrogen) atoms. The molecule has 5 rings (SSSR count). The lowest BCUT2D eigenvalue weighted by molar-refractivity contribution is -0.956. The van der Waals surface area contributed by atoms with Crippen LogP contribution in [0.4, 0.5) is 0 Å². The monoisotopic (exact) mass is 339 g/mol. The number of quaternary nitrogens is 1. The van der Waals surface area contributed by atoms with Crippen molar-refractivity contribution in [3.63, 3.8) is 0 Å². The first kappa shape index (κ1) is 16.6. The zero-order valence-corrected chi connectivity index (χ0v) is 15.1. The van der Waals surface area contributed by atoms with Gasteiger partial charge in [0.1, 0.15) is 17.9 Å². The predicted molar refractivity (Wildman–Crippen MR) is 99.4 cm³/mol. The number of hydrogen-bond acceptors (Lipinski definition) is 3. The molecule has 132 valence electrons.